The van der Waals surface area contributed by atoms with Gasteiger partial charge in [-0.25, -0.2) is 0 Å². The van der Waals surface area contributed by atoms with Crippen molar-refractivity contribution < 1.29 is 14.8 Å². The van der Waals surface area contributed by atoms with Gasteiger partial charge in [0.2, 0.25) is 0 Å². The number of hydrogen-bond donors (Lipinski definition) is 2. The van der Waals surface area contributed by atoms with Gasteiger partial charge in [-0.3, -0.25) is 19.9 Å². The zero-order valence-corrected chi connectivity index (χ0v) is 11.9. The number of nitro groups is 1. The van der Waals surface area contributed by atoms with E-state index in [1.54, 1.807) is 0 Å². The Hall–Kier alpha value is -1.70. The molecule has 0 saturated carbocycles. The van der Waals surface area contributed by atoms with Gasteiger partial charge in [0, 0.05) is 19.2 Å². The van der Waals surface area contributed by atoms with Crippen LogP contribution in [0.25, 0.3) is 0 Å². The van der Waals surface area contributed by atoms with E-state index in [0.717, 1.165) is 6.20 Å². The van der Waals surface area contributed by atoms with Crippen LogP contribution in [0, 0.1) is 16.0 Å². The summed E-state index contributed by atoms with van der Waals surface area (Å²) in [7, 11) is 0. The number of nitrogens with one attached hydrogen (secondary N) is 1. The molecule has 19 heavy (non-hydrogen) atoms. The van der Waals surface area contributed by atoms with Crippen LogP contribution < -0.4 is 5.32 Å². The van der Waals surface area contributed by atoms with Crippen molar-refractivity contribution in [3.05, 3.63) is 27.0 Å². The number of hydrogen-bond acceptors (Lipinski definition) is 5. The van der Waals surface area contributed by atoms with Crippen molar-refractivity contribution in [2.75, 3.05) is 11.9 Å². The Morgan fingerprint density at radius 3 is 2.84 bits per heavy atom. The van der Waals surface area contributed by atoms with Gasteiger partial charge in [0.25, 0.3) is 0 Å². The quantitative estimate of drug-likeness (QED) is 0.587. The molecule has 0 spiro atoms. The predicted octanol–water partition coefficient (Wildman–Crippen LogP) is 2.67. The van der Waals surface area contributed by atoms with E-state index in [2.05, 4.69) is 26.2 Å². The van der Waals surface area contributed by atoms with Gasteiger partial charge in [0.15, 0.2) is 0 Å². The molecule has 0 aliphatic carbocycles. The van der Waals surface area contributed by atoms with Gasteiger partial charge in [0.1, 0.15) is 11.9 Å². The van der Waals surface area contributed by atoms with Crippen LogP contribution in [0.15, 0.2) is 16.9 Å². The summed E-state index contributed by atoms with van der Waals surface area (Å²) >= 11 is 3.19. The van der Waals surface area contributed by atoms with Crippen molar-refractivity contribution in [3.8, 4) is 0 Å². The lowest BCUT2D eigenvalue weighted by molar-refractivity contribution is -0.384. The number of anilines is 1. The lowest BCUT2D eigenvalue weighted by atomic mass is 10.0. The number of nitrogens with zero attached hydrogens (tertiary/aromatic N) is 2. The molecule has 104 valence electrons. The first-order valence-electron chi connectivity index (χ1n) is 5.69. The summed E-state index contributed by atoms with van der Waals surface area (Å²) in [4.78, 5) is 24.8. The van der Waals surface area contributed by atoms with Gasteiger partial charge < -0.3 is 10.4 Å². The van der Waals surface area contributed by atoms with E-state index in [1.165, 1.54) is 6.20 Å². The molecule has 0 amide bonds. The van der Waals surface area contributed by atoms with E-state index in [9.17, 15) is 14.9 Å². The fraction of sp³-hybridized carbons (Fsp3) is 0.455. The normalized spacial score (nSPS) is 11.9. The second kappa shape index (κ2) is 7.03. The molecular formula is C11H14BrN3O4. The molecule has 1 heterocycles. The van der Waals surface area contributed by atoms with E-state index < -0.39 is 10.9 Å². The molecule has 7 nitrogen and oxygen atoms in total. The molecule has 1 unspecified atom stereocenters. The molecule has 0 aromatic carbocycles. The molecule has 0 fully saturated rings. The largest absolute Gasteiger partial charge is 0.481 e. The first kappa shape index (κ1) is 15.4. The van der Waals surface area contributed by atoms with E-state index in [0.29, 0.717) is 23.1 Å². The first-order valence-corrected chi connectivity index (χ1v) is 6.48. The van der Waals surface area contributed by atoms with E-state index in [-0.39, 0.29) is 18.0 Å². The topological polar surface area (TPSA) is 105 Å². The molecule has 0 saturated heterocycles. The Labute approximate surface area is 118 Å². The molecular weight excluding hydrogens is 318 g/mol. The highest BCUT2D eigenvalue weighted by Gasteiger charge is 2.19. The van der Waals surface area contributed by atoms with Crippen LogP contribution in [0.4, 0.5) is 11.4 Å². The Kier molecular flexibility index (Phi) is 5.68. The number of aromatic nitrogens is 1. The maximum atomic E-state index is 10.9. The molecule has 1 aromatic heterocycles. The van der Waals surface area contributed by atoms with Crippen LogP contribution in [0.3, 0.4) is 0 Å². The van der Waals surface area contributed by atoms with Crippen LogP contribution in [0.5, 0.6) is 0 Å². The second-order valence-corrected chi connectivity index (χ2v) is 4.88. The van der Waals surface area contributed by atoms with Crippen molar-refractivity contribution in [1.82, 2.24) is 4.98 Å². The van der Waals surface area contributed by atoms with Gasteiger partial charge >= 0.3 is 11.7 Å². The van der Waals surface area contributed by atoms with Crippen LogP contribution in [-0.4, -0.2) is 27.5 Å². The smallest absolute Gasteiger partial charge is 0.311 e. The van der Waals surface area contributed by atoms with E-state index in [1.807, 2.05) is 6.92 Å². The van der Waals surface area contributed by atoms with Gasteiger partial charge in [-0.15, -0.1) is 0 Å². The first-order chi connectivity index (χ1) is 8.95. The monoisotopic (exact) mass is 331 g/mol. The summed E-state index contributed by atoms with van der Waals surface area (Å²) in [6.45, 7) is 2.23. The van der Waals surface area contributed by atoms with Crippen molar-refractivity contribution in [3.63, 3.8) is 0 Å². The third-order valence-corrected chi connectivity index (χ3v) is 3.29. The Morgan fingerprint density at radius 1 is 1.63 bits per heavy atom. The lowest BCUT2D eigenvalue weighted by Gasteiger charge is -2.15. The molecule has 0 radical (unpaired) electrons. The second-order valence-electron chi connectivity index (χ2n) is 4.03. The summed E-state index contributed by atoms with van der Waals surface area (Å²) in [5, 5.41) is 22.6. The summed E-state index contributed by atoms with van der Waals surface area (Å²) in [5.41, 5.74) is 0.184. The van der Waals surface area contributed by atoms with Crippen molar-refractivity contribution in [1.29, 1.82) is 0 Å². The van der Waals surface area contributed by atoms with Crippen LogP contribution in [0.1, 0.15) is 19.8 Å². The van der Waals surface area contributed by atoms with Crippen LogP contribution in [0.2, 0.25) is 0 Å². The van der Waals surface area contributed by atoms with Crippen LogP contribution in [-0.2, 0) is 4.79 Å². The molecule has 1 aromatic rings. The third kappa shape index (κ3) is 4.47. The molecule has 2 N–H and O–H groups in total. The minimum Gasteiger partial charge on any atom is -0.481 e. The van der Waals surface area contributed by atoms with Crippen LogP contribution >= 0.6 is 15.9 Å². The molecule has 8 heteroatoms. The zero-order valence-electron chi connectivity index (χ0n) is 10.3. The number of pyridine rings is 1. The molecule has 0 aliphatic rings. The van der Waals surface area contributed by atoms with Crippen molar-refractivity contribution in [2.45, 2.75) is 19.8 Å². The fourth-order valence-corrected chi connectivity index (χ4v) is 2.05. The maximum Gasteiger partial charge on any atom is 0.311 e. The number of carboxylic acids is 1. The number of halogens is 1. The van der Waals surface area contributed by atoms with Crippen molar-refractivity contribution >= 4 is 33.3 Å². The minimum atomic E-state index is -0.878. The average molecular weight is 332 g/mol. The molecule has 1 rings (SSSR count). The standard InChI is InChI=1S/C11H14BrN3O4/c1-2-7(3-10(16)17)4-14-11-8(12)5-13-6-9(11)15(18)19/h5-7H,2-4H2,1H3,(H,13,14)(H,16,17). The predicted molar refractivity (Wildman–Crippen MR) is 73.1 cm³/mol. The van der Waals surface area contributed by atoms with Crippen molar-refractivity contribution in [2.24, 2.45) is 5.92 Å². The fourth-order valence-electron chi connectivity index (χ4n) is 1.59. The highest BCUT2D eigenvalue weighted by molar-refractivity contribution is 9.10. The molecule has 0 bridgehead atoms. The molecule has 1 atom stereocenters. The third-order valence-electron chi connectivity index (χ3n) is 2.68. The summed E-state index contributed by atoms with van der Waals surface area (Å²) in [6.07, 6.45) is 3.31. The summed E-state index contributed by atoms with van der Waals surface area (Å²) in [5.74, 6) is -0.964. The zero-order chi connectivity index (χ0) is 14.4. The SMILES string of the molecule is CCC(CNc1c(Br)cncc1[N+](=O)[O-])CC(=O)O. The summed E-state index contributed by atoms with van der Waals surface area (Å²) < 4.78 is 0.479. The number of carbonyl (C=O) groups is 1. The van der Waals surface area contributed by atoms with E-state index in [4.69, 9.17) is 5.11 Å². The Morgan fingerprint density at radius 2 is 2.32 bits per heavy atom. The maximum absolute atomic E-state index is 10.9. The molecule has 0 aliphatic heterocycles. The highest BCUT2D eigenvalue weighted by atomic mass is 79.9. The lowest BCUT2D eigenvalue weighted by Crippen LogP contribution is -2.18. The van der Waals surface area contributed by atoms with Gasteiger partial charge in [-0.2, -0.15) is 0 Å². The van der Waals surface area contributed by atoms with Gasteiger partial charge in [0.05, 0.1) is 9.40 Å². The Balaban J connectivity index is 2.81. The van der Waals surface area contributed by atoms with E-state index >= 15 is 0 Å². The number of carboxylic acid groups (broad SMARTS) is 1. The van der Waals surface area contributed by atoms with Gasteiger partial charge in [-0.1, -0.05) is 13.3 Å². The average Bonchev–Trinajstić information content (AvgIpc) is 2.34. The number of rotatable bonds is 7. The van der Waals surface area contributed by atoms with Gasteiger partial charge in [-0.05, 0) is 21.8 Å². The minimum absolute atomic E-state index is 0.0278. The summed E-state index contributed by atoms with van der Waals surface area (Å²) in [6, 6.07) is 0. The highest BCUT2D eigenvalue weighted by Crippen LogP contribution is 2.31. The number of aliphatic carboxylic acids is 1. The Bertz CT molecular complexity index is 481.